The summed E-state index contributed by atoms with van der Waals surface area (Å²) in [5.41, 5.74) is 0.592. The molecule has 2 amide bonds. The largest absolute Gasteiger partial charge is 0.483 e. The summed E-state index contributed by atoms with van der Waals surface area (Å²) in [6.07, 6.45) is -0.0123. The highest BCUT2D eigenvalue weighted by Gasteiger charge is 2.39. The average Bonchev–Trinajstić information content (AvgIpc) is 3.14. The molecule has 3 rings (SSSR count). The Morgan fingerprint density at radius 3 is 2.35 bits per heavy atom. The van der Waals surface area contributed by atoms with Gasteiger partial charge in [0.05, 0.1) is 24.8 Å². The van der Waals surface area contributed by atoms with Crippen LogP contribution in [0.4, 0.5) is 0 Å². The van der Waals surface area contributed by atoms with Crippen molar-refractivity contribution < 1.29 is 34.1 Å². The first-order chi connectivity index (χ1) is 14.8. The van der Waals surface area contributed by atoms with Crippen LogP contribution in [0.15, 0.2) is 24.3 Å². The number of nitrogens with zero attached hydrogens (tertiary/aromatic N) is 2. The number of hydrogen-bond donors (Lipinski definition) is 3. The molecule has 10 heteroatoms. The maximum atomic E-state index is 12.7. The summed E-state index contributed by atoms with van der Waals surface area (Å²) in [6.45, 7) is 2.83. The molecular formula is C21H29N3O7. The number of carbonyl (C=O) groups excluding carboxylic acids is 3. The number of nitrogens with one attached hydrogen (secondary N) is 1. The molecular weight excluding hydrogens is 406 g/mol. The molecule has 170 valence electrons. The van der Waals surface area contributed by atoms with E-state index in [1.165, 1.54) is 13.2 Å². The summed E-state index contributed by atoms with van der Waals surface area (Å²) < 4.78 is 4.67. The summed E-state index contributed by atoms with van der Waals surface area (Å²) in [5.74, 6) is -1.14. The van der Waals surface area contributed by atoms with E-state index in [0.29, 0.717) is 31.5 Å². The third-order valence-electron chi connectivity index (χ3n) is 5.56. The maximum Gasteiger partial charge on any atom is 0.337 e. The van der Waals surface area contributed by atoms with Crippen molar-refractivity contribution in [3.8, 4) is 0 Å². The van der Waals surface area contributed by atoms with Gasteiger partial charge >= 0.3 is 5.97 Å². The van der Waals surface area contributed by atoms with Crippen LogP contribution >= 0.6 is 0 Å². The molecule has 3 atom stereocenters. The van der Waals surface area contributed by atoms with Gasteiger partial charge in [0, 0.05) is 37.7 Å². The van der Waals surface area contributed by atoms with Gasteiger partial charge in [0.15, 0.2) is 0 Å². The molecule has 3 N–H and O–H groups in total. The molecule has 1 aliphatic carbocycles. The first kappa shape index (κ1) is 24.3. The first-order valence-corrected chi connectivity index (χ1v) is 10.0. The van der Waals surface area contributed by atoms with Crippen LogP contribution in [0.3, 0.4) is 0 Å². The van der Waals surface area contributed by atoms with Crippen molar-refractivity contribution in [2.75, 3.05) is 40.3 Å². The van der Waals surface area contributed by atoms with Gasteiger partial charge in [-0.1, -0.05) is 6.07 Å². The number of aliphatic hydroxyl groups is 1. The third-order valence-corrected chi connectivity index (χ3v) is 5.56. The minimum Gasteiger partial charge on any atom is -0.483 e. The molecule has 1 aliphatic heterocycles. The third kappa shape index (κ3) is 6.50. The molecule has 31 heavy (non-hydrogen) atoms. The number of amides is 2. The molecule has 1 aromatic rings. The normalized spacial score (nSPS) is 23.3. The van der Waals surface area contributed by atoms with Crippen molar-refractivity contribution in [2.24, 2.45) is 5.92 Å². The Kier molecular flexibility index (Phi) is 8.95. The lowest BCUT2D eigenvalue weighted by molar-refractivity contribution is -0.137. The van der Waals surface area contributed by atoms with Gasteiger partial charge in [-0.15, -0.1) is 0 Å². The summed E-state index contributed by atoms with van der Waals surface area (Å²) in [7, 11) is 3.31. The maximum absolute atomic E-state index is 12.7. The Morgan fingerprint density at radius 1 is 1.13 bits per heavy atom. The number of piperazine rings is 1. The van der Waals surface area contributed by atoms with Crippen molar-refractivity contribution >= 4 is 24.3 Å². The number of benzene rings is 1. The van der Waals surface area contributed by atoms with Crippen molar-refractivity contribution in [2.45, 2.75) is 25.0 Å². The van der Waals surface area contributed by atoms with Gasteiger partial charge in [-0.05, 0) is 38.1 Å². The van der Waals surface area contributed by atoms with Gasteiger partial charge in [-0.2, -0.15) is 0 Å². The van der Waals surface area contributed by atoms with Crippen LogP contribution in [0.25, 0.3) is 0 Å². The number of aliphatic hydroxyl groups excluding tert-OH is 1. The van der Waals surface area contributed by atoms with Gasteiger partial charge < -0.3 is 30.1 Å². The second-order valence-corrected chi connectivity index (χ2v) is 7.62. The predicted molar refractivity (Wildman–Crippen MR) is 111 cm³/mol. The highest BCUT2D eigenvalue weighted by molar-refractivity contribution is 5.98. The Balaban J connectivity index is 0.00000107. The van der Waals surface area contributed by atoms with Crippen molar-refractivity contribution in [3.63, 3.8) is 0 Å². The van der Waals surface area contributed by atoms with Crippen LogP contribution in [0.1, 0.15) is 33.6 Å². The minimum atomic E-state index is -0.769. The molecule has 1 aromatic carbocycles. The number of rotatable bonds is 4. The lowest BCUT2D eigenvalue weighted by atomic mass is 10.1. The van der Waals surface area contributed by atoms with E-state index in [1.807, 2.05) is 11.9 Å². The standard InChI is InChI=1S/C20H27N3O5.CH2O2/c1-22-6-8-23(9-7-22)19(26)15-11-16(17(24)12-15)21-18(25)13-4-3-5-14(10-13)20(27)28-2;2-1-3/h3-5,10,15-17,24H,6-9,11-12H2,1-2H3,(H,21,25);1H,(H,2,3)/t15-,16+,17+;/m0./s1. The highest BCUT2D eigenvalue weighted by atomic mass is 16.5. The van der Waals surface area contributed by atoms with Crippen LogP contribution in [-0.2, 0) is 14.3 Å². The lowest BCUT2D eigenvalue weighted by Crippen LogP contribution is -2.49. The van der Waals surface area contributed by atoms with E-state index in [9.17, 15) is 19.5 Å². The molecule has 2 fully saturated rings. The average molecular weight is 435 g/mol. The number of likely N-dealkylation sites (N-methyl/N-ethyl adjacent to an activating group) is 1. The molecule has 0 spiro atoms. The smallest absolute Gasteiger partial charge is 0.337 e. The van der Waals surface area contributed by atoms with E-state index < -0.39 is 18.1 Å². The number of hydrogen-bond acceptors (Lipinski definition) is 7. The number of methoxy groups -OCH3 is 1. The molecule has 0 radical (unpaired) electrons. The van der Waals surface area contributed by atoms with Crippen LogP contribution < -0.4 is 5.32 Å². The summed E-state index contributed by atoms with van der Waals surface area (Å²) in [4.78, 5) is 49.3. The van der Waals surface area contributed by atoms with Gasteiger partial charge in [0.2, 0.25) is 5.91 Å². The topological polar surface area (TPSA) is 136 Å². The zero-order valence-electron chi connectivity index (χ0n) is 17.7. The van der Waals surface area contributed by atoms with Crippen LogP contribution in [0.5, 0.6) is 0 Å². The molecule has 2 aliphatic rings. The van der Waals surface area contributed by atoms with E-state index in [-0.39, 0.29) is 29.8 Å². The zero-order chi connectivity index (χ0) is 23.0. The molecule has 1 heterocycles. The summed E-state index contributed by atoms with van der Waals surface area (Å²) >= 11 is 0. The molecule has 10 nitrogen and oxygen atoms in total. The zero-order valence-corrected chi connectivity index (χ0v) is 17.7. The van der Waals surface area contributed by atoms with E-state index in [2.05, 4.69) is 15.0 Å². The van der Waals surface area contributed by atoms with E-state index >= 15 is 0 Å². The quantitative estimate of drug-likeness (QED) is 0.438. The summed E-state index contributed by atoms with van der Waals surface area (Å²) in [5, 5.41) is 20.1. The number of ether oxygens (including phenoxy) is 1. The Hall–Kier alpha value is -2.98. The molecule has 0 aromatic heterocycles. The van der Waals surface area contributed by atoms with Gasteiger partial charge in [0.1, 0.15) is 0 Å². The Labute approximate surface area is 180 Å². The molecule has 0 unspecified atom stereocenters. The Morgan fingerprint density at radius 2 is 1.74 bits per heavy atom. The van der Waals surface area contributed by atoms with Crippen molar-refractivity contribution in [1.82, 2.24) is 15.1 Å². The van der Waals surface area contributed by atoms with E-state index in [0.717, 1.165) is 13.1 Å². The second kappa shape index (κ2) is 11.4. The number of carboxylic acid groups (broad SMARTS) is 1. The Bertz CT molecular complexity index is 793. The van der Waals surface area contributed by atoms with Gasteiger partial charge in [0.25, 0.3) is 12.4 Å². The fourth-order valence-corrected chi connectivity index (χ4v) is 3.81. The van der Waals surface area contributed by atoms with Gasteiger partial charge in [-0.25, -0.2) is 4.79 Å². The molecule has 0 bridgehead atoms. The van der Waals surface area contributed by atoms with Gasteiger partial charge in [-0.3, -0.25) is 14.4 Å². The monoisotopic (exact) mass is 435 g/mol. The first-order valence-electron chi connectivity index (χ1n) is 10.0. The van der Waals surface area contributed by atoms with Crippen molar-refractivity contribution in [1.29, 1.82) is 0 Å². The SMILES string of the molecule is COC(=O)c1cccc(C(=O)N[C@@H]2C[C@H](C(=O)N3CCN(C)CC3)C[C@H]2O)c1.O=CO. The highest BCUT2D eigenvalue weighted by Crippen LogP contribution is 2.28. The van der Waals surface area contributed by atoms with Crippen LogP contribution in [-0.4, -0.2) is 96.8 Å². The minimum absolute atomic E-state index is 0.0524. The number of carbonyl (C=O) groups is 4. The van der Waals surface area contributed by atoms with Crippen molar-refractivity contribution in [3.05, 3.63) is 35.4 Å². The molecule has 1 saturated heterocycles. The van der Waals surface area contributed by atoms with E-state index in [4.69, 9.17) is 9.90 Å². The van der Waals surface area contributed by atoms with Crippen LogP contribution in [0.2, 0.25) is 0 Å². The fraction of sp³-hybridized carbons (Fsp3) is 0.524. The number of esters is 1. The second-order valence-electron chi connectivity index (χ2n) is 7.62. The van der Waals surface area contributed by atoms with Crippen LogP contribution in [0, 0.1) is 5.92 Å². The summed E-state index contributed by atoms with van der Waals surface area (Å²) in [6, 6.07) is 5.73. The fourth-order valence-electron chi connectivity index (χ4n) is 3.81. The molecule has 1 saturated carbocycles. The lowest BCUT2D eigenvalue weighted by Gasteiger charge is -2.34. The van der Waals surface area contributed by atoms with E-state index in [1.54, 1.807) is 18.2 Å². The predicted octanol–water partition coefficient (Wildman–Crippen LogP) is -0.183.